The summed E-state index contributed by atoms with van der Waals surface area (Å²) in [6.45, 7) is 3.58. The molecule has 0 spiro atoms. The van der Waals surface area contributed by atoms with Gasteiger partial charge in [-0.3, -0.25) is 0 Å². The van der Waals surface area contributed by atoms with E-state index in [1.54, 1.807) is 6.92 Å². The van der Waals surface area contributed by atoms with Crippen LogP contribution in [-0.2, 0) is 9.53 Å². The maximum Gasteiger partial charge on any atom is 0.352 e. The van der Waals surface area contributed by atoms with Gasteiger partial charge in [0.1, 0.15) is 0 Å². The highest BCUT2D eigenvalue weighted by Gasteiger charge is 2.16. The lowest BCUT2D eigenvalue weighted by Crippen LogP contribution is -2.19. The van der Waals surface area contributed by atoms with Crippen molar-refractivity contribution in [2.75, 3.05) is 0 Å². The van der Waals surface area contributed by atoms with Gasteiger partial charge in [0, 0.05) is 0 Å². The fourth-order valence-corrected chi connectivity index (χ4v) is 0.441. The summed E-state index contributed by atoms with van der Waals surface area (Å²) in [7, 11) is 0. The molecule has 0 heterocycles. The second kappa shape index (κ2) is 4.66. The zero-order valence-corrected chi connectivity index (χ0v) is 7.52. The van der Waals surface area contributed by atoms with Crippen molar-refractivity contribution < 1.29 is 13.9 Å². The van der Waals surface area contributed by atoms with Crippen molar-refractivity contribution in [2.24, 2.45) is 0 Å². The number of rotatable bonds is 3. The Morgan fingerprint density at radius 2 is 2.30 bits per heavy atom. The average molecular weight is 213 g/mol. The van der Waals surface area contributed by atoms with E-state index in [9.17, 15) is 9.18 Å². The average Bonchev–Trinajstić information content (AvgIpc) is 1.87. The Morgan fingerprint density at radius 3 is 2.60 bits per heavy atom. The molecule has 0 aliphatic carbocycles. The van der Waals surface area contributed by atoms with Crippen LogP contribution in [0.5, 0.6) is 0 Å². The van der Waals surface area contributed by atoms with Gasteiger partial charge in [-0.2, -0.15) is 0 Å². The molecular formula is C6H10BrFO2. The third-order valence-electron chi connectivity index (χ3n) is 1.07. The normalized spacial score (nSPS) is 16.0. The van der Waals surface area contributed by atoms with Gasteiger partial charge in [0.2, 0.25) is 0 Å². The van der Waals surface area contributed by atoms with Crippen molar-refractivity contribution in [3.63, 3.8) is 0 Å². The predicted octanol–water partition coefficient (Wildman–Crippen LogP) is 2.02. The zero-order valence-electron chi connectivity index (χ0n) is 5.93. The zero-order chi connectivity index (χ0) is 8.15. The highest BCUT2D eigenvalue weighted by Crippen LogP contribution is 2.06. The van der Waals surface area contributed by atoms with Crippen LogP contribution in [0.1, 0.15) is 20.3 Å². The Morgan fingerprint density at radius 1 is 1.80 bits per heavy atom. The Kier molecular flexibility index (Phi) is 4.60. The SMILES string of the molecule is CCC(C)OC(=O)[C@H](F)Br. The van der Waals surface area contributed by atoms with Gasteiger partial charge >= 0.3 is 5.97 Å². The molecule has 0 aliphatic heterocycles. The Hall–Kier alpha value is -0.120. The molecule has 0 bridgehead atoms. The monoisotopic (exact) mass is 212 g/mol. The molecule has 0 fully saturated rings. The lowest BCUT2D eigenvalue weighted by Gasteiger charge is -2.09. The van der Waals surface area contributed by atoms with E-state index in [1.807, 2.05) is 6.92 Å². The number of esters is 1. The molecule has 0 saturated heterocycles. The Balaban J connectivity index is 3.57. The molecule has 0 saturated carbocycles. The van der Waals surface area contributed by atoms with Crippen LogP contribution in [0.15, 0.2) is 0 Å². The first-order chi connectivity index (χ1) is 4.57. The molecule has 0 radical (unpaired) electrons. The number of carbonyl (C=O) groups excluding carboxylic acids is 1. The quantitative estimate of drug-likeness (QED) is 0.529. The van der Waals surface area contributed by atoms with Crippen molar-refractivity contribution in [3.05, 3.63) is 0 Å². The van der Waals surface area contributed by atoms with Crippen LogP contribution in [0.2, 0.25) is 0 Å². The fraction of sp³-hybridized carbons (Fsp3) is 0.833. The fourth-order valence-electron chi connectivity index (χ4n) is 0.333. The third-order valence-corrected chi connectivity index (χ3v) is 1.44. The van der Waals surface area contributed by atoms with Gasteiger partial charge in [0.25, 0.3) is 5.08 Å². The number of hydrogen-bond donors (Lipinski definition) is 0. The molecule has 4 heteroatoms. The maximum absolute atomic E-state index is 12.0. The molecule has 0 amide bonds. The summed E-state index contributed by atoms with van der Waals surface area (Å²) in [6, 6.07) is 0. The Labute approximate surface area is 67.9 Å². The molecule has 0 aliphatic rings. The molecular weight excluding hydrogens is 203 g/mol. The largest absolute Gasteiger partial charge is 0.460 e. The molecule has 0 aromatic rings. The van der Waals surface area contributed by atoms with Crippen LogP contribution >= 0.6 is 15.9 Å². The standard InChI is InChI=1S/C6H10BrFO2/c1-3-4(2)10-6(9)5(7)8/h4-5H,3H2,1-2H3/t4?,5-/m0/s1. The summed E-state index contributed by atoms with van der Waals surface area (Å²) in [5.41, 5.74) is 0. The van der Waals surface area contributed by atoms with E-state index in [0.29, 0.717) is 6.42 Å². The highest BCUT2D eigenvalue weighted by atomic mass is 79.9. The lowest BCUT2D eigenvalue weighted by molar-refractivity contribution is -0.150. The van der Waals surface area contributed by atoms with E-state index in [-0.39, 0.29) is 6.10 Å². The first-order valence-corrected chi connectivity index (χ1v) is 3.98. The summed E-state index contributed by atoms with van der Waals surface area (Å²) in [6.07, 6.45) is 0.495. The number of alkyl halides is 2. The van der Waals surface area contributed by atoms with Crippen LogP contribution in [-0.4, -0.2) is 17.2 Å². The van der Waals surface area contributed by atoms with Gasteiger partial charge < -0.3 is 4.74 Å². The van der Waals surface area contributed by atoms with Crippen molar-refractivity contribution in [1.82, 2.24) is 0 Å². The van der Waals surface area contributed by atoms with Crippen molar-refractivity contribution >= 4 is 21.9 Å². The van der Waals surface area contributed by atoms with Crippen molar-refractivity contribution in [2.45, 2.75) is 31.5 Å². The molecule has 2 atom stereocenters. The summed E-state index contributed by atoms with van der Waals surface area (Å²) >= 11 is 2.46. The van der Waals surface area contributed by atoms with Crippen molar-refractivity contribution in [3.8, 4) is 0 Å². The van der Waals surface area contributed by atoms with Crippen LogP contribution in [0.25, 0.3) is 0 Å². The van der Waals surface area contributed by atoms with Gasteiger partial charge in [-0.25, -0.2) is 9.18 Å². The van der Waals surface area contributed by atoms with E-state index in [1.165, 1.54) is 0 Å². The minimum absolute atomic E-state index is 0.205. The van der Waals surface area contributed by atoms with E-state index in [4.69, 9.17) is 0 Å². The minimum atomic E-state index is -1.69. The summed E-state index contributed by atoms with van der Waals surface area (Å²) in [4.78, 5) is 10.5. The molecule has 60 valence electrons. The molecule has 0 N–H and O–H groups in total. The van der Waals surface area contributed by atoms with Gasteiger partial charge in [-0.15, -0.1) is 0 Å². The number of halogens is 2. The summed E-state index contributed by atoms with van der Waals surface area (Å²) in [5.74, 6) is -0.852. The topological polar surface area (TPSA) is 26.3 Å². The smallest absolute Gasteiger partial charge is 0.352 e. The second-order valence-electron chi connectivity index (χ2n) is 1.96. The van der Waals surface area contributed by atoms with Gasteiger partial charge in [-0.05, 0) is 29.3 Å². The van der Waals surface area contributed by atoms with E-state index in [2.05, 4.69) is 20.7 Å². The van der Waals surface area contributed by atoms with Crippen LogP contribution in [0, 0.1) is 0 Å². The maximum atomic E-state index is 12.0. The predicted molar refractivity (Wildman–Crippen MR) is 39.7 cm³/mol. The number of carbonyl (C=O) groups is 1. The molecule has 0 rings (SSSR count). The highest BCUT2D eigenvalue weighted by molar-refractivity contribution is 9.09. The number of ether oxygens (including phenoxy) is 1. The van der Waals surface area contributed by atoms with Gasteiger partial charge in [0.15, 0.2) is 0 Å². The van der Waals surface area contributed by atoms with Gasteiger partial charge in [-0.1, -0.05) is 6.92 Å². The van der Waals surface area contributed by atoms with Crippen LogP contribution in [0.3, 0.4) is 0 Å². The molecule has 0 aromatic carbocycles. The van der Waals surface area contributed by atoms with Crippen molar-refractivity contribution in [1.29, 1.82) is 0 Å². The van der Waals surface area contributed by atoms with Crippen LogP contribution < -0.4 is 0 Å². The molecule has 2 nitrogen and oxygen atoms in total. The lowest BCUT2D eigenvalue weighted by atomic mass is 10.3. The molecule has 1 unspecified atom stereocenters. The Bertz CT molecular complexity index is 116. The third kappa shape index (κ3) is 3.82. The summed E-state index contributed by atoms with van der Waals surface area (Å²) in [5, 5.41) is -1.69. The first-order valence-electron chi connectivity index (χ1n) is 3.06. The van der Waals surface area contributed by atoms with E-state index >= 15 is 0 Å². The molecule has 10 heavy (non-hydrogen) atoms. The van der Waals surface area contributed by atoms with Crippen LogP contribution in [0.4, 0.5) is 4.39 Å². The van der Waals surface area contributed by atoms with E-state index in [0.717, 1.165) is 0 Å². The minimum Gasteiger partial charge on any atom is -0.460 e. The van der Waals surface area contributed by atoms with Gasteiger partial charge in [0.05, 0.1) is 6.10 Å². The number of hydrogen-bond acceptors (Lipinski definition) is 2. The van der Waals surface area contributed by atoms with E-state index < -0.39 is 11.1 Å². The summed E-state index contributed by atoms with van der Waals surface area (Å²) < 4.78 is 16.6. The second-order valence-corrected chi connectivity index (χ2v) is 2.76. The first kappa shape index (κ1) is 9.88. The molecule has 0 aromatic heterocycles.